The van der Waals surface area contributed by atoms with E-state index in [0.717, 1.165) is 0 Å². The molecule has 14 heteroatoms. The Morgan fingerprint density at radius 3 is 1.92 bits per heavy atom. The van der Waals surface area contributed by atoms with Gasteiger partial charge in [-0.2, -0.15) is 30.7 Å². The molecule has 0 aliphatic heterocycles. The molecule has 0 aliphatic rings. The largest absolute Gasteiger partial charge is 0.461 e. The smallest absolute Gasteiger partial charge is 0.217 e. The van der Waals surface area contributed by atoms with Gasteiger partial charge in [-0.25, -0.2) is 17.2 Å². The molecule has 0 saturated carbocycles. The van der Waals surface area contributed by atoms with E-state index in [4.69, 9.17) is 0 Å². The fraction of sp³-hybridized carbons (Fsp3) is 0.455. The molecule has 0 atom stereocenters. The normalized spacial score (nSPS) is 14.2. The van der Waals surface area contributed by atoms with Crippen molar-refractivity contribution in [2.45, 2.75) is 35.1 Å². The molecule has 0 aromatic heterocycles. The number of halogens is 11. The van der Waals surface area contributed by atoms with Gasteiger partial charge in [0.1, 0.15) is 0 Å². The van der Waals surface area contributed by atoms with Gasteiger partial charge in [0, 0.05) is 21.4 Å². The summed E-state index contributed by atoms with van der Waals surface area (Å²) in [6.45, 7) is 0. The molecule has 0 spiro atoms. The first-order valence-electron chi connectivity index (χ1n) is 5.72. The zero-order valence-electron chi connectivity index (χ0n) is 11.2. The summed E-state index contributed by atoms with van der Waals surface area (Å²) >= 11 is 5.11. The van der Waals surface area contributed by atoms with Crippen molar-refractivity contribution in [3.05, 3.63) is 26.6 Å². The van der Waals surface area contributed by atoms with Crippen LogP contribution in [-0.2, 0) is 16.3 Å². The van der Waals surface area contributed by atoms with Gasteiger partial charge < -0.3 is 0 Å². The molecule has 0 fully saturated rings. The van der Waals surface area contributed by atoms with E-state index in [1.54, 1.807) is 0 Å². The second kappa shape index (κ2) is 6.91. The number of alkyl halides is 9. The molecule has 0 saturated heterocycles. The fourth-order valence-electron chi connectivity index (χ4n) is 1.58. The van der Waals surface area contributed by atoms with E-state index in [9.17, 15) is 47.9 Å². The lowest BCUT2D eigenvalue weighted by molar-refractivity contribution is -0.332. The molecule has 0 bridgehead atoms. The van der Waals surface area contributed by atoms with Crippen LogP contribution >= 0.6 is 31.9 Å². The summed E-state index contributed by atoms with van der Waals surface area (Å²) in [6, 6.07) is 2.35. The number of hydrogen-bond acceptors (Lipinski definition) is 2. The Kier molecular flexibility index (Phi) is 6.23. The minimum Gasteiger partial charge on any atom is -0.217 e. The van der Waals surface area contributed by atoms with E-state index in [0.29, 0.717) is 0 Å². The van der Waals surface area contributed by atoms with Gasteiger partial charge in [0.2, 0.25) is 6.43 Å². The Hall–Kier alpha value is -0.500. The topological polar surface area (TPSA) is 34.1 Å². The maximum absolute atomic E-state index is 13.7. The van der Waals surface area contributed by atoms with Crippen LogP contribution in [0.15, 0.2) is 19.9 Å². The highest BCUT2D eigenvalue weighted by Crippen LogP contribution is 2.51. The van der Waals surface area contributed by atoms with Crippen molar-refractivity contribution < 1.29 is 47.9 Å². The fourth-order valence-corrected chi connectivity index (χ4v) is 4.66. The third-order valence-electron chi connectivity index (χ3n) is 2.76. The molecular weight excluding hydrogens is 527 g/mol. The highest BCUT2D eigenvalue weighted by atomic mass is 79.9. The Labute approximate surface area is 151 Å². The standard InChI is InChI=1S/C11H4Br2F9O2S/c12-4-1-6(13)5(3-8(14)15)7(2-4)25(23,24)11(21,22)9(16,17)10(18,19)20/h2,8H,3H2. The lowest BCUT2D eigenvalue weighted by Crippen LogP contribution is -2.56. The number of hydrogen-bond donors (Lipinski definition) is 0. The van der Waals surface area contributed by atoms with Crippen LogP contribution in [0, 0.1) is 6.07 Å². The molecule has 0 amide bonds. The summed E-state index contributed by atoms with van der Waals surface area (Å²) in [6.07, 6.45) is -11.7. The van der Waals surface area contributed by atoms with E-state index < -0.39 is 59.4 Å². The average Bonchev–Trinajstić information content (AvgIpc) is 2.39. The first kappa shape index (κ1) is 22.5. The predicted molar refractivity (Wildman–Crippen MR) is 73.5 cm³/mol. The number of benzene rings is 1. The van der Waals surface area contributed by atoms with Crippen molar-refractivity contribution in [3.63, 3.8) is 0 Å². The lowest BCUT2D eigenvalue weighted by Gasteiger charge is -2.28. The van der Waals surface area contributed by atoms with E-state index in [1.807, 2.05) is 0 Å². The quantitative estimate of drug-likeness (QED) is 0.479. The molecule has 143 valence electrons. The van der Waals surface area contributed by atoms with Crippen molar-refractivity contribution in [2.75, 3.05) is 0 Å². The van der Waals surface area contributed by atoms with Crippen LogP contribution in [0.2, 0.25) is 0 Å². The highest BCUT2D eigenvalue weighted by Gasteiger charge is 2.78. The molecule has 2 nitrogen and oxygen atoms in total. The van der Waals surface area contributed by atoms with Gasteiger partial charge in [-0.15, -0.1) is 0 Å². The van der Waals surface area contributed by atoms with Crippen molar-refractivity contribution in [1.82, 2.24) is 0 Å². The zero-order chi connectivity index (χ0) is 20.0. The molecule has 0 aliphatic carbocycles. The summed E-state index contributed by atoms with van der Waals surface area (Å²) in [7, 11) is -6.72. The van der Waals surface area contributed by atoms with Crippen LogP contribution in [0.25, 0.3) is 0 Å². The minimum absolute atomic E-state index is 0.193. The SMILES string of the molecule is O=S(=O)(c1cc(Br)[c]c(Br)c1CC(F)F)C(F)(F)C(F)(F)C(F)(F)F. The first-order valence-corrected chi connectivity index (χ1v) is 8.79. The Morgan fingerprint density at radius 1 is 1.04 bits per heavy atom. The number of sulfone groups is 1. The van der Waals surface area contributed by atoms with Crippen LogP contribution in [0.1, 0.15) is 5.56 Å². The van der Waals surface area contributed by atoms with E-state index in [-0.39, 0.29) is 6.07 Å². The molecule has 1 rings (SSSR count). The van der Waals surface area contributed by atoms with Crippen LogP contribution < -0.4 is 0 Å². The lowest BCUT2D eigenvalue weighted by atomic mass is 10.1. The maximum atomic E-state index is 13.7. The summed E-state index contributed by atoms with van der Waals surface area (Å²) < 4.78 is 138. The van der Waals surface area contributed by atoms with Gasteiger partial charge in [0.15, 0.2) is 0 Å². The molecule has 0 unspecified atom stereocenters. The van der Waals surface area contributed by atoms with Gasteiger partial charge in [0.05, 0.1) is 4.90 Å². The van der Waals surface area contributed by atoms with E-state index in [2.05, 4.69) is 37.9 Å². The van der Waals surface area contributed by atoms with Crippen LogP contribution in [0.4, 0.5) is 39.5 Å². The van der Waals surface area contributed by atoms with Gasteiger partial charge >= 0.3 is 17.4 Å². The molecule has 0 N–H and O–H groups in total. The van der Waals surface area contributed by atoms with E-state index in [1.165, 1.54) is 0 Å². The molecule has 1 aromatic carbocycles. The summed E-state index contributed by atoms with van der Waals surface area (Å²) in [5, 5.41) is -6.64. The first-order chi connectivity index (χ1) is 11.0. The Bertz CT molecular complexity index is 760. The van der Waals surface area contributed by atoms with Gasteiger partial charge in [-0.3, -0.25) is 0 Å². The Balaban J connectivity index is 3.75. The average molecular weight is 531 g/mol. The summed E-state index contributed by atoms with van der Waals surface area (Å²) in [5.41, 5.74) is -1.11. The van der Waals surface area contributed by atoms with Crippen molar-refractivity contribution in [1.29, 1.82) is 0 Å². The minimum atomic E-state index is -6.96. The van der Waals surface area contributed by atoms with Crippen molar-refractivity contribution in [3.8, 4) is 0 Å². The maximum Gasteiger partial charge on any atom is 0.461 e. The molecule has 0 heterocycles. The molecule has 1 radical (unpaired) electrons. The number of rotatable bonds is 5. The van der Waals surface area contributed by atoms with E-state index >= 15 is 0 Å². The predicted octanol–water partition coefficient (Wildman–Crippen LogP) is 5.38. The third-order valence-corrected chi connectivity index (χ3v) is 5.74. The van der Waals surface area contributed by atoms with Gasteiger partial charge in [-0.05, 0) is 27.6 Å². The summed E-state index contributed by atoms with van der Waals surface area (Å²) in [4.78, 5) is -1.81. The highest BCUT2D eigenvalue weighted by molar-refractivity contribution is 9.11. The van der Waals surface area contributed by atoms with Crippen LogP contribution in [0.3, 0.4) is 0 Å². The van der Waals surface area contributed by atoms with Crippen LogP contribution in [-0.4, -0.2) is 32.2 Å². The second-order valence-corrected chi connectivity index (χ2v) is 8.07. The zero-order valence-corrected chi connectivity index (χ0v) is 15.2. The van der Waals surface area contributed by atoms with Crippen molar-refractivity contribution in [2.24, 2.45) is 0 Å². The Morgan fingerprint density at radius 2 is 1.52 bits per heavy atom. The van der Waals surface area contributed by atoms with Crippen LogP contribution in [0.5, 0.6) is 0 Å². The third kappa shape index (κ3) is 3.94. The summed E-state index contributed by atoms with van der Waals surface area (Å²) in [5.74, 6) is -6.96. The van der Waals surface area contributed by atoms with Gasteiger partial charge in [0.25, 0.3) is 9.84 Å². The molecule has 25 heavy (non-hydrogen) atoms. The molecular formula is C11H4Br2F9O2S. The monoisotopic (exact) mass is 529 g/mol. The van der Waals surface area contributed by atoms with Crippen molar-refractivity contribution >= 4 is 41.7 Å². The molecule has 1 aromatic rings. The van der Waals surface area contributed by atoms with Gasteiger partial charge in [-0.1, -0.05) is 15.9 Å². The second-order valence-electron chi connectivity index (χ2n) is 4.46.